The van der Waals surface area contributed by atoms with Crippen molar-refractivity contribution in [1.29, 1.82) is 0 Å². The van der Waals surface area contributed by atoms with E-state index in [4.69, 9.17) is 15.6 Å². The van der Waals surface area contributed by atoms with Crippen LogP contribution in [0.4, 0.5) is 0 Å². The Morgan fingerprint density at radius 2 is 1.96 bits per heavy atom. The van der Waals surface area contributed by atoms with Crippen molar-refractivity contribution in [3.8, 4) is 0 Å². The van der Waals surface area contributed by atoms with Gasteiger partial charge in [0.1, 0.15) is 34.8 Å². The molecule has 2 heterocycles. The molecule has 0 aliphatic carbocycles. The van der Waals surface area contributed by atoms with E-state index in [1.165, 1.54) is 45.2 Å². The summed E-state index contributed by atoms with van der Waals surface area (Å²) in [6.07, 6.45) is -3.26. The average Bonchev–Trinajstić information content (AvgIpc) is 3.05. The van der Waals surface area contributed by atoms with Crippen LogP contribution in [0.25, 0.3) is 0 Å². The van der Waals surface area contributed by atoms with Crippen LogP contribution >= 0.6 is 45.2 Å². The number of amides is 1. The number of carbonyl (C=O) groups excluding carboxylic acids is 1. The van der Waals surface area contributed by atoms with Crippen molar-refractivity contribution in [2.24, 2.45) is 5.73 Å². The Balaban J connectivity index is 0.000000620. The number of ether oxygens (including phenoxy) is 1. The predicted molar refractivity (Wildman–Crippen MR) is 93.1 cm³/mol. The number of hydrogen-bond acceptors (Lipinski definition) is 10. The molecule has 1 aromatic heterocycles. The van der Waals surface area contributed by atoms with Crippen LogP contribution in [0.5, 0.6) is 0 Å². The summed E-state index contributed by atoms with van der Waals surface area (Å²) in [6.45, 7) is -0.438. The van der Waals surface area contributed by atoms with Gasteiger partial charge in [-0.05, 0) is 0 Å². The van der Waals surface area contributed by atoms with Crippen LogP contribution in [-0.4, -0.2) is 75.1 Å². The van der Waals surface area contributed by atoms with Gasteiger partial charge in [0.25, 0.3) is 5.91 Å². The first-order chi connectivity index (χ1) is 11.0. The Hall–Kier alpha value is 0.820. The Kier molecular flexibility index (Phi) is 11.3. The van der Waals surface area contributed by atoms with E-state index in [9.17, 15) is 28.0 Å². The summed E-state index contributed by atoms with van der Waals surface area (Å²) in [5, 5.41) is 31.8. The first kappa shape index (κ1) is 25.8. The molecule has 138 valence electrons. The molecule has 1 aliphatic rings. The third-order valence-electron chi connectivity index (χ3n) is 2.73. The van der Waals surface area contributed by atoms with E-state index in [0.717, 1.165) is 11.0 Å². The summed E-state index contributed by atoms with van der Waals surface area (Å²) >= 11 is 3.07. The number of primary amides is 1. The molecular formula is C9H13I2N4NaO8S. The summed E-state index contributed by atoms with van der Waals surface area (Å²) in [6, 6.07) is 0. The number of carbonyl (C=O) groups is 1. The molecule has 12 nitrogen and oxygen atoms in total. The molecule has 25 heavy (non-hydrogen) atoms. The molecule has 4 atom stereocenters. The number of hydrogen-bond donors (Lipinski definition) is 4. The fraction of sp³-hybridized carbons (Fsp3) is 0.667. The van der Waals surface area contributed by atoms with Crippen molar-refractivity contribution in [2.75, 3.05) is 6.61 Å². The maximum Gasteiger partial charge on any atom is 1.00 e. The third kappa shape index (κ3) is 7.39. The maximum atomic E-state index is 10.8. The normalized spacial score (nSPS) is 25.9. The van der Waals surface area contributed by atoms with Crippen molar-refractivity contribution in [1.82, 2.24) is 14.8 Å². The molecule has 1 aliphatic heterocycles. The molecule has 1 amide bonds. The molecule has 0 bridgehead atoms. The number of aliphatic hydroxyl groups is 3. The van der Waals surface area contributed by atoms with Gasteiger partial charge >= 0.3 is 29.6 Å². The molecule has 0 aromatic carbocycles. The predicted octanol–water partition coefficient (Wildman–Crippen LogP) is -5.32. The molecular weight excluding hydrogens is 601 g/mol. The standard InChI is InChI=1S/C8H12N4O5.CH2I2O3S.Na/c9-6(16)7-10-2-12(11-7)8-5(15)4(14)3(1-13)17-8;2-1(3)7(4,5)6;/h2-5,8,13-15H,1H2,(H2,9,16);1H,(H,4,5,6);/q;;+1/p-1/t3-,4-,5-,8-;;/m1../s1. The van der Waals surface area contributed by atoms with Crippen LogP contribution in [-0.2, 0) is 14.9 Å². The van der Waals surface area contributed by atoms with Crippen LogP contribution in [0, 0.1) is 0 Å². The van der Waals surface area contributed by atoms with Crippen LogP contribution in [0.1, 0.15) is 16.8 Å². The summed E-state index contributed by atoms with van der Waals surface area (Å²) in [7, 11) is -4.02. The van der Waals surface area contributed by atoms with Crippen LogP contribution in [0.3, 0.4) is 0 Å². The van der Waals surface area contributed by atoms with Gasteiger partial charge in [-0.2, -0.15) is 0 Å². The van der Waals surface area contributed by atoms with Gasteiger partial charge < -0.3 is 30.3 Å². The second-order valence-electron chi connectivity index (χ2n) is 4.39. The van der Waals surface area contributed by atoms with Crippen molar-refractivity contribution in [2.45, 2.75) is 25.8 Å². The average molecular weight is 614 g/mol. The Morgan fingerprint density at radius 1 is 1.44 bits per heavy atom. The number of aromatic nitrogens is 3. The topological polar surface area (TPSA) is 201 Å². The fourth-order valence-electron chi connectivity index (χ4n) is 1.61. The molecule has 2 rings (SSSR count). The second-order valence-corrected chi connectivity index (χ2v) is 12.4. The van der Waals surface area contributed by atoms with Gasteiger partial charge in [0.05, 0.1) is 6.61 Å². The molecule has 0 saturated carbocycles. The fourth-order valence-corrected chi connectivity index (χ4v) is 1.61. The number of aliphatic hydroxyl groups excluding tert-OH is 3. The van der Waals surface area contributed by atoms with E-state index in [1.54, 1.807) is 0 Å². The van der Waals surface area contributed by atoms with Gasteiger partial charge in [0.2, 0.25) is 5.82 Å². The van der Waals surface area contributed by atoms with Crippen molar-refractivity contribution in [3.05, 3.63) is 12.2 Å². The molecule has 0 unspecified atom stereocenters. The second kappa shape index (κ2) is 11.0. The monoisotopic (exact) mass is 614 g/mol. The van der Waals surface area contributed by atoms with Gasteiger partial charge in [0, 0.05) is 0 Å². The van der Waals surface area contributed by atoms with Gasteiger partial charge in [-0.15, -0.1) is 5.10 Å². The Bertz CT molecular complexity index is 674. The molecule has 5 N–H and O–H groups in total. The minimum Gasteiger partial charge on any atom is -0.747 e. The van der Waals surface area contributed by atoms with E-state index in [-0.39, 0.29) is 35.4 Å². The smallest absolute Gasteiger partial charge is 0.747 e. The molecule has 1 aromatic rings. The zero-order valence-corrected chi connectivity index (χ0v) is 19.8. The largest absolute Gasteiger partial charge is 1.00 e. The quantitative estimate of drug-likeness (QED) is 0.110. The summed E-state index contributed by atoms with van der Waals surface area (Å²) in [5.74, 6) is -1.03. The Labute approximate surface area is 191 Å². The number of halogens is 2. The maximum absolute atomic E-state index is 10.8. The minimum atomic E-state index is -4.02. The first-order valence-corrected chi connectivity index (χ1v) is 10.0. The molecule has 0 radical (unpaired) electrons. The number of nitrogens with two attached hydrogens (primary N) is 1. The molecule has 0 spiro atoms. The minimum absolute atomic E-state index is 0. The van der Waals surface area contributed by atoms with Gasteiger partial charge in [-0.1, -0.05) is 45.2 Å². The van der Waals surface area contributed by atoms with Gasteiger partial charge in [-0.25, -0.2) is 18.1 Å². The zero-order chi connectivity index (χ0) is 18.7. The van der Waals surface area contributed by atoms with Crippen molar-refractivity contribution in [3.63, 3.8) is 0 Å². The van der Waals surface area contributed by atoms with E-state index < -0.39 is 48.4 Å². The van der Waals surface area contributed by atoms with Gasteiger partial charge in [-0.3, -0.25) is 4.79 Å². The summed E-state index contributed by atoms with van der Waals surface area (Å²) in [5.41, 5.74) is 4.97. The number of rotatable bonds is 4. The number of alkyl halides is 2. The van der Waals surface area contributed by atoms with Crippen molar-refractivity contribution >= 4 is 61.2 Å². The van der Waals surface area contributed by atoms with E-state index >= 15 is 0 Å². The molecule has 1 fully saturated rings. The van der Waals surface area contributed by atoms with E-state index in [1.807, 2.05) is 0 Å². The summed E-state index contributed by atoms with van der Waals surface area (Å²) in [4.78, 5) is 14.4. The zero-order valence-electron chi connectivity index (χ0n) is 12.6. The SMILES string of the molecule is NC(=O)c1ncn([C@@H]2O[C@H](CO)[C@@H](O)[C@H]2O)n1.O=S(=O)([O-])C(I)I.[Na+]. The number of nitrogens with zero attached hydrogens (tertiary/aromatic N) is 3. The van der Waals surface area contributed by atoms with Crippen LogP contribution in [0.15, 0.2) is 6.33 Å². The first-order valence-electron chi connectivity index (χ1n) is 6.05. The Morgan fingerprint density at radius 3 is 2.28 bits per heavy atom. The van der Waals surface area contributed by atoms with Gasteiger partial charge in [0.15, 0.2) is 7.49 Å². The van der Waals surface area contributed by atoms with Crippen LogP contribution < -0.4 is 35.3 Å². The van der Waals surface area contributed by atoms with E-state index in [0.29, 0.717) is 0 Å². The van der Waals surface area contributed by atoms with Crippen LogP contribution in [0.2, 0.25) is 0 Å². The summed E-state index contributed by atoms with van der Waals surface area (Å²) < 4.78 is 34.7. The van der Waals surface area contributed by atoms with E-state index in [2.05, 4.69) is 10.1 Å². The molecule has 1 saturated heterocycles. The third-order valence-corrected chi connectivity index (χ3v) is 6.90. The van der Waals surface area contributed by atoms with Crippen molar-refractivity contribution < 1.29 is 67.4 Å². The molecule has 16 heteroatoms.